The number of aliphatic hydroxyl groups is 1. The molecule has 0 saturated carbocycles. The standard InChI is InChI=1S/C26H44O8Si2/c1-16(2)35(17(3)4)32-22-21(27)23(25(28)29-9)31-26(30-15-20-13-11-10-12-14-20)24(22)33-36(34-35,18(5)6)19(7)8/h10-14,16-19,21-24,26-27H,15H2,1-9H3/t21-,22-,23-,24+,26+/m0/s1. The lowest BCUT2D eigenvalue weighted by molar-refractivity contribution is -0.290. The second-order valence-corrected chi connectivity index (χ2v) is 19.9. The van der Waals surface area contributed by atoms with Crippen molar-refractivity contribution in [3.8, 4) is 0 Å². The summed E-state index contributed by atoms with van der Waals surface area (Å²) in [6.45, 7) is 17.2. The highest BCUT2D eigenvalue weighted by Crippen LogP contribution is 2.49. The van der Waals surface area contributed by atoms with Crippen LogP contribution < -0.4 is 0 Å². The van der Waals surface area contributed by atoms with Gasteiger partial charge < -0.3 is 32.3 Å². The van der Waals surface area contributed by atoms with Gasteiger partial charge in [0, 0.05) is 0 Å². The van der Waals surface area contributed by atoms with Crippen molar-refractivity contribution in [2.45, 2.75) is 115 Å². The van der Waals surface area contributed by atoms with Crippen LogP contribution in [0.25, 0.3) is 0 Å². The van der Waals surface area contributed by atoms with Crippen molar-refractivity contribution in [3.05, 3.63) is 35.9 Å². The Morgan fingerprint density at radius 1 is 0.889 bits per heavy atom. The molecule has 204 valence electrons. The molecular formula is C26H44O8Si2. The van der Waals surface area contributed by atoms with Crippen LogP contribution in [0.3, 0.4) is 0 Å². The molecule has 0 spiro atoms. The number of methoxy groups -OCH3 is 1. The van der Waals surface area contributed by atoms with Gasteiger partial charge in [0.05, 0.1) is 13.7 Å². The predicted octanol–water partition coefficient (Wildman–Crippen LogP) is 4.79. The fourth-order valence-corrected chi connectivity index (χ4v) is 16.6. The summed E-state index contributed by atoms with van der Waals surface area (Å²) in [6.07, 6.45) is -5.16. The van der Waals surface area contributed by atoms with Crippen molar-refractivity contribution in [1.29, 1.82) is 0 Å². The van der Waals surface area contributed by atoms with Gasteiger partial charge in [-0.2, -0.15) is 0 Å². The van der Waals surface area contributed by atoms with Crippen LogP contribution in [0.1, 0.15) is 61.0 Å². The molecule has 0 radical (unpaired) electrons. The minimum Gasteiger partial charge on any atom is -0.467 e. The van der Waals surface area contributed by atoms with E-state index in [-0.39, 0.29) is 28.8 Å². The molecule has 5 atom stereocenters. The van der Waals surface area contributed by atoms with E-state index in [0.717, 1.165) is 5.56 Å². The number of hydrogen-bond acceptors (Lipinski definition) is 8. The highest BCUT2D eigenvalue weighted by Gasteiger charge is 2.65. The summed E-state index contributed by atoms with van der Waals surface area (Å²) < 4.78 is 38.4. The number of aliphatic hydroxyl groups excluding tert-OH is 1. The van der Waals surface area contributed by atoms with E-state index in [0.29, 0.717) is 0 Å². The highest BCUT2D eigenvalue weighted by atomic mass is 28.5. The number of esters is 1. The number of ether oxygens (including phenoxy) is 3. The molecule has 0 aliphatic carbocycles. The Balaban J connectivity index is 2.12. The molecule has 1 aromatic carbocycles. The second kappa shape index (κ2) is 11.7. The number of fused-ring (bicyclic) bond motifs is 1. The van der Waals surface area contributed by atoms with Crippen molar-refractivity contribution in [1.82, 2.24) is 0 Å². The molecule has 8 nitrogen and oxygen atoms in total. The zero-order valence-corrected chi connectivity index (χ0v) is 25.1. The quantitative estimate of drug-likeness (QED) is 0.372. The molecule has 36 heavy (non-hydrogen) atoms. The van der Waals surface area contributed by atoms with Crippen LogP contribution in [-0.4, -0.2) is 66.0 Å². The Bertz CT molecular complexity index is 847. The highest BCUT2D eigenvalue weighted by molar-refractivity contribution is 6.84. The molecule has 0 aromatic heterocycles. The summed E-state index contributed by atoms with van der Waals surface area (Å²) >= 11 is 0. The maximum absolute atomic E-state index is 12.7. The Morgan fingerprint density at radius 3 is 1.86 bits per heavy atom. The van der Waals surface area contributed by atoms with Gasteiger partial charge in [-0.3, -0.25) is 0 Å². The minimum absolute atomic E-state index is 0.0829. The van der Waals surface area contributed by atoms with E-state index in [1.807, 2.05) is 30.3 Å². The van der Waals surface area contributed by atoms with Crippen LogP contribution in [-0.2, 0) is 38.6 Å². The molecular weight excluding hydrogens is 496 g/mol. The first-order chi connectivity index (χ1) is 16.9. The lowest BCUT2D eigenvalue weighted by Crippen LogP contribution is -2.64. The molecule has 1 aromatic rings. The Labute approximate surface area is 218 Å². The fraction of sp³-hybridized carbons (Fsp3) is 0.731. The first-order valence-corrected chi connectivity index (χ1v) is 17.0. The zero-order chi connectivity index (χ0) is 26.8. The van der Waals surface area contributed by atoms with Gasteiger partial charge in [0.15, 0.2) is 12.4 Å². The van der Waals surface area contributed by atoms with Crippen LogP contribution in [0, 0.1) is 0 Å². The van der Waals surface area contributed by atoms with Crippen LogP contribution in [0.15, 0.2) is 30.3 Å². The van der Waals surface area contributed by atoms with Crippen molar-refractivity contribution >= 4 is 23.1 Å². The van der Waals surface area contributed by atoms with E-state index in [4.69, 9.17) is 27.2 Å². The van der Waals surface area contributed by atoms with E-state index in [1.165, 1.54) is 7.11 Å². The van der Waals surface area contributed by atoms with E-state index >= 15 is 0 Å². The fourth-order valence-electron chi connectivity index (χ4n) is 5.35. The second-order valence-electron chi connectivity index (χ2n) is 11.1. The zero-order valence-electron chi connectivity index (χ0n) is 23.1. The van der Waals surface area contributed by atoms with E-state index < -0.39 is 53.8 Å². The number of carbonyl (C=O) groups is 1. The van der Waals surface area contributed by atoms with Crippen molar-refractivity contribution in [3.63, 3.8) is 0 Å². The molecule has 1 N–H and O–H groups in total. The van der Waals surface area contributed by atoms with Gasteiger partial charge in [0.2, 0.25) is 0 Å². The molecule has 2 saturated heterocycles. The van der Waals surface area contributed by atoms with Crippen LogP contribution in [0.2, 0.25) is 22.2 Å². The van der Waals surface area contributed by atoms with Crippen LogP contribution >= 0.6 is 0 Å². The van der Waals surface area contributed by atoms with Crippen LogP contribution in [0.4, 0.5) is 0 Å². The number of carbonyl (C=O) groups excluding carboxylic acids is 1. The third kappa shape index (κ3) is 5.51. The third-order valence-electron chi connectivity index (χ3n) is 7.39. The topological polar surface area (TPSA) is 92.7 Å². The number of hydrogen-bond donors (Lipinski definition) is 1. The SMILES string of the molecule is COC(=O)[C@H]1O[C@@H](OCc2ccccc2)[C@@H]2O[Si](C(C)C)(C(C)C)O[Si](C(C)C)(C(C)C)O[C@H]2[C@@H]1O. The largest absolute Gasteiger partial charge is 0.467 e. The van der Waals surface area contributed by atoms with Gasteiger partial charge in [0.25, 0.3) is 0 Å². The molecule has 10 heteroatoms. The lowest BCUT2D eigenvalue weighted by Gasteiger charge is -2.45. The lowest BCUT2D eigenvalue weighted by atomic mass is 9.99. The summed E-state index contributed by atoms with van der Waals surface area (Å²) in [7, 11) is -4.65. The molecule has 0 bridgehead atoms. The molecule has 2 aliphatic rings. The number of rotatable bonds is 8. The normalized spacial score (nSPS) is 29.9. The monoisotopic (exact) mass is 540 g/mol. The van der Waals surface area contributed by atoms with Crippen LogP contribution in [0.5, 0.6) is 0 Å². The first kappa shape index (κ1) is 29.4. The smallest absolute Gasteiger partial charge is 0.337 e. The third-order valence-corrected chi connectivity index (χ3v) is 17.7. The van der Waals surface area contributed by atoms with Gasteiger partial charge in [-0.15, -0.1) is 0 Å². The summed E-state index contributed by atoms with van der Waals surface area (Å²) in [4.78, 5) is 12.7. The van der Waals surface area contributed by atoms with Gasteiger partial charge >= 0.3 is 23.1 Å². The van der Waals surface area contributed by atoms with Gasteiger partial charge in [0.1, 0.15) is 18.3 Å². The minimum atomic E-state index is -2.98. The van der Waals surface area contributed by atoms with Gasteiger partial charge in [-0.25, -0.2) is 4.79 Å². The average Bonchev–Trinajstić information content (AvgIpc) is 3.01. The Hall–Kier alpha value is -1.12. The van der Waals surface area contributed by atoms with E-state index in [2.05, 4.69) is 55.4 Å². The predicted molar refractivity (Wildman–Crippen MR) is 141 cm³/mol. The summed E-state index contributed by atoms with van der Waals surface area (Å²) in [5, 5.41) is 11.4. The van der Waals surface area contributed by atoms with Crippen molar-refractivity contribution in [2.75, 3.05) is 7.11 Å². The van der Waals surface area contributed by atoms with Crippen molar-refractivity contribution < 1.29 is 37.1 Å². The Kier molecular flexibility index (Phi) is 9.59. The molecule has 0 amide bonds. The molecule has 3 rings (SSSR count). The first-order valence-electron chi connectivity index (χ1n) is 13.0. The maximum Gasteiger partial charge on any atom is 0.337 e. The molecule has 2 heterocycles. The van der Waals surface area contributed by atoms with Gasteiger partial charge in [-0.1, -0.05) is 85.7 Å². The maximum atomic E-state index is 12.7. The molecule has 2 fully saturated rings. The number of benzene rings is 1. The summed E-state index contributed by atoms with van der Waals surface area (Å²) in [5.41, 5.74) is 1.33. The Morgan fingerprint density at radius 2 is 1.39 bits per heavy atom. The summed E-state index contributed by atoms with van der Waals surface area (Å²) in [6, 6.07) is 9.72. The molecule has 2 aliphatic heterocycles. The molecule has 0 unspecified atom stereocenters. The average molecular weight is 541 g/mol. The van der Waals surface area contributed by atoms with Crippen molar-refractivity contribution in [2.24, 2.45) is 0 Å². The van der Waals surface area contributed by atoms with Gasteiger partial charge in [-0.05, 0) is 27.7 Å². The van der Waals surface area contributed by atoms with E-state index in [1.54, 1.807) is 0 Å². The van der Waals surface area contributed by atoms with E-state index in [9.17, 15) is 9.90 Å². The summed E-state index contributed by atoms with van der Waals surface area (Å²) in [5.74, 6) is -0.680.